The molecule has 0 saturated carbocycles. The summed E-state index contributed by atoms with van der Waals surface area (Å²) in [4.78, 5) is 30.6. The first-order valence-electron chi connectivity index (χ1n) is 9.33. The normalized spacial score (nSPS) is 21.4. The van der Waals surface area contributed by atoms with Crippen molar-refractivity contribution in [2.24, 2.45) is 5.92 Å². The van der Waals surface area contributed by atoms with Gasteiger partial charge in [-0.05, 0) is 43.9 Å². The number of benzene rings is 1. The van der Waals surface area contributed by atoms with Crippen LogP contribution in [0.2, 0.25) is 0 Å². The summed E-state index contributed by atoms with van der Waals surface area (Å²) in [6, 6.07) is 6.42. The van der Waals surface area contributed by atoms with Crippen molar-refractivity contribution in [1.29, 1.82) is 0 Å². The summed E-state index contributed by atoms with van der Waals surface area (Å²) < 4.78 is 0. The zero-order chi connectivity index (χ0) is 18.0. The van der Waals surface area contributed by atoms with Crippen LogP contribution in [0.4, 0.5) is 5.69 Å². The molecule has 0 radical (unpaired) electrons. The van der Waals surface area contributed by atoms with E-state index in [4.69, 9.17) is 0 Å². The van der Waals surface area contributed by atoms with E-state index >= 15 is 0 Å². The highest BCUT2D eigenvalue weighted by Crippen LogP contribution is 2.25. The zero-order valence-electron chi connectivity index (χ0n) is 15.6. The molecule has 0 bridgehead atoms. The Morgan fingerprint density at radius 3 is 2.40 bits per heavy atom. The first-order valence-corrected chi connectivity index (χ1v) is 9.33. The van der Waals surface area contributed by atoms with Crippen molar-refractivity contribution < 1.29 is 9.59 Å². The SMILES string of the molecule is CC(=O)N1CCCC(C(=O)N2CCN(c3cccc(C)c3C)CC2)C1. The average molecular weight is 343 g/mol. The molecule has 0 aromatic heterocycles. The van der Waals surface area contributed by atoms with Crippen molar-refractivity contribution in [1.82, 2.24) is 9.80 Å². The second kappa shape index (κ2) is 7.46. The van der Waals surface area contributed by atoms with Gasteiger partial charge >= 0.3 is 0 Å². The fourth-order valence-corrected chi connectivity index (χ4v) is 3.97. The zero-order valence-corrected chi connectivity index (χ0v) is 15.6. The van der Waals surface area contributed by atoms with Crippen LogP contribution in [-0.4, -0.2) is 60.9 Å². The van der Waals surface area contributed by atoms with Gasteiger partial charge in [-0.3, -0.25) is 9.59 Å². The van der Waals surface area contributed by atoms with Crippen molar-refractivity contribution in [2.75, 3.05) is 44.2 Å². The predicted octanol–water partition coefficient (Wildman–Crippen LogP) is 2.21. The molecule has 2 saturated heterocycles. The fourth-order valence-electron chi connectivity index (χ4n) is 3.97. The van der Waals surface area contributed by atoms with Crippen LogP contribution in [0.1, 0.15) is 30.9 Å². The number of anilines is 1. The molecule has 3 rings (SSSR count). The van der Waals surface area contributed by atoms with Crippen LogP contribution < -0.4 is 4.90 Å². The number of likely N-dealkylation sites (tertiary alicyclic amines) is 1. The quantitative estimate of drug-likeness (QED) is 0.827. The number of nitrogens with zero attached hydrogens (tertiary/aromatic N) is 3. The lowest BCUT2D eigenvalue weighted by Gasteiger charge is -2.40. The van der Waals surface area contributed by atoms with Gasteiger partial charge in [-0.25, -0.2) is 0 Å². The highest BCUT2D eigenvalue weighted by molar-refractivity contribution is 5.81. The molecule has 5 nitrogen and oxygen atoms in total. The van der Waals surface area contributed by atoms with E-state index in [-0.39, 0.29) is 17.7 Å². The average Bonchev–Trinajstić information content (AvgIpc) is 2.63. The topological polar surface area (TPSA) is 43.9 Å². The lowest BCUT2D eigenvalue weighted by atomic mass is 9.96. The molecule has 1 aromatic rings. The molecule has 5 heteroatoms. The Kier molecular flexibility index (Phi) is 5.30. The van der Waals surface area contributed by atoms with E-state index in [2.05, 4.69) is 36.9 Å². The van der Waals surface area contributed by atoms with Gasteiger partial charge in [-0.1, -0.05) is 12.1 Å². The standard InChI is InChI=1S/C20H29N3O2/c1-15-6-4-8-19(16(15)2)21-10-12-22(13-11-21)20(25)18-7-5-9-23(14-18)17(3)24/h4,6,8,18H,5,7,9-14H2,1-3H3. The molecule has 0 spiro atoms. The largest absolute Gasteiger partial charge is 0.368 e. The number of hydrogen-bond donors (Lipinski definition) is 0. The minimum Gasteiger partial charge on any atom is -0.368 e. The molecule has 1 unspecified atom stereocenters. The lowest BCUT2D eigenvalue weighted by molar-refractivity contribution is -0.140. The molecule has 2 amide bonds. The van der Waals surface area contributed by atoms with Crippen LogP contribution in [0.3, 0.4) is 0 Å². The van der Waals surface area contributed by atoms with Crippen molar-refractivity contribution >= 4 is 17.5 Å². The molecule has 0 aliphatic carbocycles. The van der Waals surface area contributed by atoms with Crippen molar-refractivity contribution in [3.63, 3.8) is 0 Å². The van der Waals surface area contributed by atoms with Gasteiger partial charge in [-0.15, -0.1) is 0 Å². The smallest absolute Gasteiger partial charge is 0.227 e. The number of aryl methyl sites for hydroxylation is 1. The number of rotatable bonds is 2. The second-order valence-corrected chi connectivity index (χ2v) is 7.34. The molecular weight excluding hydrogens is 314 g/mol. The minimum absolute atomic E-state index is 0.0232. The van der Waals surface area contributed by atoms with Crippen LogP contribution in [0.5, 0.6) is 0 Å². The van der Waals surface area contributed by atoms with Crippen LogP contribution in [0.25, 0.3) is 0 Å². The predicted molar refractivity (Wildman–Crippen MR) is 99.7 cm³/mol. The van der Waals surface area contributed by atoms with Gasteiger partial charge in [0.05, 0.1) is 5.92 Å². The van der Waals surface area contributed by atoms with Crippen molar-refractivity contribution in [3.05, 3.63) is 29.3 Å². The molecule has 1 atom stereocenters. The third kappa shape index (κ3) is 3.80. The van der Waals surface area contributed by atoms with E-state index in [1.54, 1.807) is 6.92 Å². The summed E-state index contributed by atoms with van der Waals surface area (Å²) in [6.07, 6.45) is 1.83. The van der Waals surface area contributed by atoms with Gasteiger partial charge in [0.15, 0.2) is 0 Å². The Bertz CT molecular complexity index is 650. The van der Waals surface area contributed by atoms with E-state index in [0.29, 0.717) is 6.54 Å². The summed E-state index contributed by atoms with van der Waals surface area (Å²) in [7, 11) is 0. The van der Waals surface area contributed by atoms with E-state index in [9.17, 15) is 9.59 Å². The van der Waals surface area contributed by atoms with Gasteiger partial charge < -0.3 is 14.7 Å². The van der Waals surface area contributed by atoms with Gasteiger partial charge in [0.1, 0.15) is 0 Å². The lowest BCUT2D eigenvalue weighted by Crippen LogP contribution is -2.53. The molecular formula is C20H29N3O2. The first kappa shape index (κ1) is 17.8. The van der Waals surface area contributed by atoms with Gasteiger partial charge in [-0.2, -0.15) is 0 Å². The molecule has 1 aromatic carbocycles. The number of amides is 2. The minimum atomic E-state index is -0.0232. The highest BCUT2D eigenvalue weighted by Gasteiger charge is 2.31. The monoisotopic (exact) mass is 343 g/mol. The Hall–Kier alpha value is -2.04. The third-order valence-electron chi connectivity index (χ3n) is 5.72. The van der Waals surface area contributed by atoms with E-state index in [1.165, 1.54) is 16.8 Å². The van der Waals surface area contributed by atoms with Gasteiger partial charge in [0.2, 0.25) is 11.8 Å². The highest BCUT2D eigenvalue weighted by atomic mass is 16.2. The summed E-state index contributed by atoms with van der Waals surface area (Å²) in [6.45, 7) is 10.6. The maximum absolute atomic E-state index is 12.9. The van der Waals surface area contributed by atoms with Crippen LogP contribution in [0, 0.1) is 19.8 Å². The Labute approximate surface area is 150 Å². The van der Waals surface area contributed by atoms with Crippen LogP contribution in [-0.2, 0) is 9.59 Å². The Balaban J connectivity index is 1.59. The molecule has 25 heavy (non-hydrogen) atoms. The summed E-state index contributed by atoms with van der Waals surface area (Å²) in [5.41, 5.74) is 3.92. The molecule has 2 aliphatic heterocycles. The first-order chi connectivity index (χ1) is 12.0. The van der Waals surface area contributed by atoms with E-state index < -0.39 is 0 Å². The number of piperazine rings is 1. The maximum Gasteiger partial charge on any atom is 0.227 e. The molecule has 0 N–H and O–H groups in total. The summed E-state index contributed by atoms with van der Waals surface area (Å²) in [5, 5.41) is 0. The summed E-state index contributed by atoms with van der Waals surface area (Å²) in [5.74, 6) is 0.286. The Morgan fingerprint density at radius 2 is 1.72 bits per heavy atom. The van der Waals surface area contributed by atoms with Crippen molar-refractivity contribution in [2.45, 2.75) is 33.6 Å². The molecule has 136 valence electrons. The Morgan fingerprint density at radius 1 is 1.00 bits per heavy atom. The number of piperidine rings is 1. The number of carbonyl (C=O) groups excluding carboxylic acids is 2. The van der Waals surface area contributed by atoms with Crippen LogP contribution in [0.15, 0.2) is 18.2 Å². The molecule has 2 heterocycles. The third-order valence-corrected chi connectivity index (χ3v) is 5.72. The second-order valence-electron chi connectivity index (χ2n) is 7.34. The number of carbonyl (C=O) groups is 2. The summed E-state index contributed by atoms with van der Waals surface area (Å²) >= 11 is 0. The van der Waals surface area contributed by atoms with Crippen molar-refractivity contribution in [3.8, 4) is 0 Å². The van der Waals surface area contributed by atoms with Gasteiger partial charge in [0.25, 0.3) is 0 Å². The maximum atomic E-state index is 12.9. The van der Waals surface area contributed by atoms with Crippen LogP contribution >= 0.6 is 0 Å². The molecule has 2 fully saturated rings. The number of hydrogen-bond acceptors (Lipinski definition) is 3. The molecule has 2 aliphatic rings. The van der Waals surface area contributed by atoms with E-state index in [1.807, 2.05) is 9.80 Å². The van der Waals surface area contributed by atoms with Gasteiger partial charge in [0, 0.05) is 51.9 Å². The fraction of sp³-hybridized carbons (Fsp3) is 0.600. The van der Waals surface area contributed by atoms with E-state index in [0.717, 1.165) is 45.6 Å².